The highest BCUT2D eigenvalue weighted by Gasteiger charge is 2.24. The lowest BCUT2D eigenvalue weighted by Crippen LogP contribution is -2.52. The fourth-order valence-corrected chi connectivity index (χ4v) is 2.13. The van der Waals surface area contributed by atoms with Crippen molar-refractivity contribution in [2.45, 2.75) is 13.0 Å². The number of hydrogen-bond acceptors (Lipinski definition) is 4. The third-order valence-electron chi connectivity index (χ3n) is 3.19. The zero-order chi connectivity index (χ0) is 13.1. The van der Waals surface area contributed by atoms with Crippen LogP contribution in [0.25, 0.3) is 0 Å². The Balaban J connectivity index is 2.20. The molecule has 98 valence electrons. The van der Waals surface area contributed by atoms with E-state index >= 15 is 0 Å². The standard InChI is InChI=1S/C13H18N2O3/c1-9-8-14-5-6-15(9)13(17)10-3-4-12(18-2)11(16)7-10/h3-4,7,9,14,16H,5-6,8H2,1-2H3/t9-/m0/s1. The summed E-state index contributed by atoms with van der Waals surface area (Å²) in [6.45, 7) is 4.30. The van der Waals surface area contributed by atoms with Crippen LogP contribution in [0.1, 0.15) is 17.3 Å². The first kappa shape index (κ1) is 12.7. The van der Waals surface area contributed by atoms with E-state index in [1.165, 1.54) is 13.2 Å². The van der Waals surface area contributed by atoms with Crippen LogP contribution in [0.5, 0.6) is 11.5 Å². The smallest absolute Gasteiger partial charge is 0.254 e. The minimum Gasteiger partial charge on any atom is -0.504 e. The molecule has 0 unspecified atom stereocenters. The van der Waals surface area contributed by atoms with Gasteiger partial charge in [-0.15, -0.1) is 0 Å². The molecule has 2 N–H and O–H groups in total. The van der Waals surface area contributed by atoms with Crippen LogP contribution in [-0.2, 0) is 0 Å². The number of piperazine rings is 1. The van der Waals surface area contributed by atoms with Crippen LogP contribution >= 0.6 is 0 Å². The molecule has 5 heteroatoms. The monoisotopic (exact) mass is 250 g/mol. The molecule has 0 aromatic heterocycles. The van der Waals surface area contributed by atoms with Crippen LogP contribution in [0.3, 0.4) is 0 Å². The van der Waals surface area contributed by atoms with Gasteiger partial charge < -0.3 is 20.1 Å². The number of nitrogens with one attached hydrogen (secondary N) is 1. The topological polar surface area (TPSA) is 61.8 Å². The Morgan fingerprint density at radius 2 is 2.33 bits per heavy atom. The lowest BCUT2D eigenvalue weighted by molar-refractivity contribution is 0.0655. The van der Waals surface area contributed by atoms with E-state index in [1.807, 2.05) is 11.8 Å². The number of phenols is 1. The molecule has 1 aliphatic rings. The zero-order valence-corrected chi connectivity index (χ0v) is 10.6. The molecule has 2 rings (SSSR count). The van der Waals surface area contributed by atoms with Gasteiger partial charge in [0.05, 0.1) is 7.11 Å². The summed E-state index contributed by atoms with van der Waals surface area (Å²) in [7, 11) is 1.48. The van der Waals surface area contributed by atoms with Crippen molar-refractivity contribution in [2.75, 3.05) is 26.7 Å². The summed E-state index contributed by atoms with van der Waals surface area (Å²) in [6, 6.07) is 4.90. The molecule has 1 atom stereocenters. The second-order valence-corrected chi connectivity index (χ2v) is 4.44. The summed E-state index contributed by atoms with van der Waals surface area (Å²) in [5, 5.41) is 12.9. The predicted molar refractivity (Wildman–Crippen MR) is 68.0 cm³/mol. The van der Waals surface area contributed by atoms with Gasteiger partial charge in [-0.1, -0.05) is 0 Å². The number of ether oxygens (including phenoxy) is 1. The molecule has 0 spiro atoms. The van der Waals surface area contributed by atoms with Gasteiger partial charge in [0.25, 0.3) is 5.91 Å². The summed E-state index contributed by atoms with van der Waals surface area (Å²) in [6.07, 6.45) is 0. The molecule has 18 heavy (non-hydrogen) atoms. The Bertz CT molecular complexity index is 448. The average Bonchev–Trinajstić information content (AvgIpc) is 2.38. The Kier molecular flexibility index (Phi) is 3.72. The molecule has 1 aromatic carbocycles. The van der Waals surface area contributed by atoms with Crippen LogP contribution in [0.4, 0.5) is 0 Å². The van der Waals surface area contributed by atoms with Gasteiger partial charge in [-0.25, -0.2) is 0 Å². The van der Waals surface area contributed by atoms with Gasteiger partial charge in [-0.2, -0.15) is 0 Å². The first-order valence-corrected chi connectivity index (χ1v) is 6.02. The van der Waals surface area contributed by atoms with Gasteiger partial charge in [0.15, 0.2) is 11.5 Å². The van der Waals surface area contributed by atoms with Crippen molar-refractivity contribution in [3.05, 3.63) is 23.8 Å². The normalized spacial score (nSPS) is 19.7. The number of aromatic hydroxyl groups is 1. The van der Waals surface area contributed by atoms with Crippen molar-refractivity contribution >= 4 is 5.91 Å². The summed E-state index contributed by atoms with van der Waals surface area (Å²) in [5.41, 5.74) is 0.488. The highest BCUT2D eigenvalue weighted by atomic mass is 16.5. The molecule has 0 saturated carbocycles. The molecule has 5 nitrogen and oxygen atoms in total. The molecule has 0 radical (unpaired) electrons. The fourth-order valence-electron chi connectivity index (χ4n) is 2.13. The fraction of sp³-hybridized carbons (Fsp3) is 0.462. The van der Waals surface area contributed by atoms with E-state index in [9.17, 15) is 9.90 Å². The lowest BCUT2D eigenvalue weighted by Gasteiger charge is -2.34. The van der Waals surface area contributed by atoms with E-state index in [0.29, 0.717) is 17.9 Å². The zero-order valence-electron chi connectivity index (χ0n) is 10.6. The molecule has 0 bridgehead atoms. The van der Waals surface area contributed by atoms with Crippen LogP contribution < -0.4 is 10.1 Å². The van der Waals surface area contributed by atoms with Crippen molar-refractivity contribution < 1.29 is 14.6 Å². The van der Waals surface area contributed by atoms with Gasteiger partial charge in [0.2, 0.25) is 0 Å². The van der Waals surface area contributed by atoms with E-state index in [0.717, 1.165) is 13.1 Å². The van der Waals surface area contributed by atoms with Gasteiger partial charge >= 0.3 is 0 Å². The number of rotatable bonds is 2. The van der Waals surface area contributed by atoms with E-state index in [2.05, 4.69) is 5.32 Å². The molecule has 1 amide bonds. The molecule has 1 aromatic rings. The first-order chi connectivity index (χ1) is 8.63. The first-order valence-electron chi connectivity index (χ1n) is 6.02. The van der Waals surface area contributed by atoms with Crippen LogP contribution in [0, 0.1) is 0 Å². The number of amides is 1. The van der Waals surface area contributed by atoms with Gasteiger partial charge in [0, 0.05) is 31.2 Å². The minimum absolute atomic E-state index is 0.00821. The minimum atomic E-state index is -0.0537. The third-order valence-corrected chi connectivity index (χ3v) is 3.19. The van der Waals surface area contributed by atoms with Crippen molar-refractivity contribution in [1.82, 2.24) is 10.2 Å². The second-order valence-electron chi connectivity index (χ2n) is 4.44. The maximum absolute atomic E-state index is 12.3. The number of benzene rings is 1. The molecular weight excluding hydrogens is 232 g/mol. The largest absolute Gasteiger partial charge is 0.504 e. The van der Waals surface area contributed by atoms with Gasteiger partial charge in [-0.05, 0) is 25.1 Å². The van der Waals surface area contributed by atoms with Crippen LogP contribution in [0.2, 0.25) is 0 Å². The highest BCUT2D eigenvalue weighted by Crippen LogP contribution is 2.27. The van der Waals surface area contributed by atoms with E-state index in [-0.39, 0.29) is 17.7 Å². The van der Waals surface area contributed by atoms with Gasteiger partial charge in [0.1, 0.15) is 0 Å². The maximum atomic E-state index is 12.3. The number of hydrogen-bond donors (Lipinski definition) is 2. The summed E-state index contributed by atoms with van der Waals surface area (Å²) in [4.78, 5) is 14.1. The quantitative estimate of drug-likeness (QED) is 0.816. The van der Waals surface area contributed by atoms with E-state index in [4.69, 9.17) is 4.74 Å². The summed E-state index contributed by atoms with van der Waals surface area (Å²) >= 11 is 0. The third kappa shape index (κ3) is 2.41. The van der Waals surface area contributed by atoms with Crippen molar-refractivity contribution in [1.29, 1.82) is 0 Å². The molecule has 1 saturated heterocycles. The number of carbonyl (C=O) groups excluding carboxylic acids is 1. The van der Waals surface area contributed by atoms with Crippen molar-refractivity contribution in [3.63, 3.8) is 0 Å². The van der Waals surface area contributed by atoms with Crippen molar-refractivity contribution in [2.24, 2.45) is 0 Å². The Hall–Kier alpha value is -1.75. The molecule has 0 aliphatic carbocycles. The average molecular weight is 250 g/mol. The molecule has 1 aliphatic heterocycles. The van der Waals surface area contributed by atoms with E-state index in [1.54, 1.807) is 12.1 Å². The van der Waals surface area contributed by atoms with Crippen LogP contribution in [-0.4, -0.2) is 48.7 Å². The number of phenolic OH excluding ortho intramolecular Hbond substituents is 1. The molecule has 1 heterocycles. The SMILES string of the molecule is COc1ccc(C(=O)N2CCNC[C@@H]2C)cc1O. The number of carbonyl (C=O) groups is 1. The number of nitrogens with zero attached hydrogens (tertiary/aromatic N) is 1. The van der Waals surface area contributed by atoms with Crippen LogP contribution in [0.15, 0.2) is 18.2 Å². The van der Waals surface area contributed by atoms with Crippen molar-refractivity contribution in [3.8, 4) is 11.5 Å². The maximum Gasteiger partial charge on any atom is 0.254 e. The van der Waals surface area contributed by atoms with E-state index < -0.39 is 0 Å². The predicted octanol–water partition coefficient (Wildman–Crippen LogP) is 0.835. The molecule has 1 fully saturated rings. The highest BCUT2D eigenvalue weighted by molar-refractivity contribution is 5.95. The second kappa shape index (κ2) is 5.27. The summed E-state index contributed by atoms with van der Waals surface area (Å²) in [5.74, 6) is 0.313. The summed E-state index contributed by atoms with van der Waals surface area (Å²) < 4.78 is 4.96. The Morgan fingerprint density at radius 3 is 2.94 bits per heavy atom. The molecular formula is C13H18N2O3. The van der Waals surface area contributed by atoms with Gasteiger partial charge in [-0.3, -0.25) is 4.79 Å². The number of methoxy groups -OCH3 is 1. The lowest BCUT2D eigenvalue weighted by atomic mass is 10.1. The Labute approximate surface area is 106 Å². The Morgan fingerprint density at radius 1 is 1.56 bits per heavy atom.